The van der Waals surface area contributed by atoms with Gasteiger partial charge in [0, 0.05) is 5.56 Å². The summed E-state index contributed by atoms with van der Waals surface area (Å²) >= 11 is 0. The summed E-state index contributed by atoms with van der Waals surface area (Å²) in [6.07, 6.45) is 0. The number of hydrogen-bond acceptors (Lipinski definition) is 5. The lowest BCUT2D eigenvalue weighted by molar-refractivity contribution is 0.0649. The Hall–Kier alpha value is -2.26. The first-order valence-corrected chi connectivity index (χ1v) is 9.24. The van der Waals surface area contributed by atoms with Gasteiger partial charge in [0.25, 0.3) is 0 Å². The van der Waals surface area contributed by atoms with Crippen molar-refractivity contribution >= 4 is 16.0 Å². The molecule has 0 bridgehead atoms. The molecule has 25 heavy (non-hydrogen) atoms. The zero-order valence-corrected chi connectivity index (χ0v) is 14.8. The van der Waals surface area contributed by atoms with Crippen molar-refractivity contribution in [3.63, 3.8) is 0 Å². The van der Waals surface area contributed by atoms with Gasteiger partial charge in [0.15, 0.2) is 0 Å². The van der Waals surface area contributed by atoms with Gasteiger partial charge in [0.1, 0.15) is 11.5 Å². The van der Waals surface area contributed by atoms with Crippen molar-refractivity contribution in [1.82, 2.24) is 9.88 Å². The van der Waals surface area contributed by atoms with Crippen molar-refractivity contribution in [2.45, 2.75) is 26.8 Å². The van der Waals surface area contributed by atoms with Crippen LogP contribution in [0.1, 0.15) is 42.9 Å². The van der Waals surface area contributed by atoms with Gasteiger partial charge in [-0.2, -0.15) is 0 Å². The Kier molecular flexibility index (Phi) is 5.58. The molecule has 1 atom stereocenters. The molecule has 2 N–H and O–H groups in total. The van der Waals surface area contributed by atoms with Crippen LogP contribution in [-0.4, -0.2) is 30.4 Å². The standard InChI is InChI=1S/C16H19FN2O5S/c1-9(2)8-25(22,23)19-10(3)13-14(18-24-15(13)16(20)21)11-4-6-12(17)7-5-11/h4-7,9-10,19H,8H2,1-3H3,(H,20,21)/t10-/m1/s1. The van der Waals surface area contributed by atoms with E-state index in [9.17, 15) is 22.7 Å². The molecular formula is C16H19FN2O5S. The third-order valence-corrected chi connectivity index (χ3v) is 5.20. The van der Waals surface area contributed by atoms with E-state index in [2.05, 4.69) is 9.88 Å². The Labute approximate surface area is 144 Å². The second-order valence-corrected chi connectivity index (χ2v) is 7.90. The fraction of sp³-hybridized carbons (Fsp3) is 0.375. The number of carbonyl (C=O) groups is 1. The Morgan fingerprint density at radius 3 is 2.40 bits per heavy atom. The average Bonchev–Trinajstić information content (AvgIpc) is 2.91. The van der Waals surface area contributed by atoms with Crippen molar-refractivity contribution < 1.29 is 27.2 Å². The predicted octanol–water partition coefficient (Wildman–Crippen LogP) is 2.82. The van der Waals surface area contributed by atoms with E-state index in [0.717, 1.165) is 0 Å². The Morgan fingerprint density at radius 1 is 1.28 bits per heavy atom. The number of nitrogens with zero attached hydrogens (tertiary/aromatic N) is 1. The Bertz CT molecular complexity index is 859. The van der Waals surface area contributed by atoms with E-state index in [1.807, 2.05) is 0 Å². The van der Waals surface area contributed by atoms with Gasteiger partial charge in [-0.15, -0.1) is 0 Å². The summed E-state index contributed by atoms with van der Waals surface area (Å²) in [6.45, 7) is 5.02. The largest absolute Gasteiger partial charge is 0.475 e. The molecule has 0 spiro atoms. The Morgan fingerprint density at radius 2 is 1.88 bits per heavy atom. The minimum absolute atomic E-state index is 0.0893. The molecule has 2 rings (SSSR count). The molecular weight excluding hydrogens is 351 g/mol. The molecule has 0 unspecified atom stereocenters. The number of sulfonamides is 1. The fourth-order valence-electron chi connectivity index (χ4n) is 2.48. The Balaban J connectivity index is 2.45. The summed E-state index contributed by atoms with van der Waals surface area (Å²) in [5.74, 6) is -2.48. The van der Waals surface area contributed by atoms with Gasteiger partial charge >= 0.3 is 5.97 Å². The molecule has 0 aliphatic rings. The molecule has 1 aromatic carbocycles. The second-order valence-electron chi connectivity index (χ2n) is 6.10. The number of rotatable bonds is 7. The number of carboxylic acids is 1. The summed E-state index contributed by atoms with van der Waals surface area (Å²) < 4.78 is 44.8. The molecule has 1 aromatic heterocycles. The normalized spacial score (nSPS) is 13.2. The van der Waals surface area contributed by atoms with Crippen molar-refractivity contribution in [3.8, 4) is 11.3 Å². The van der Waals surface area contributed by atoms with Crippen LogP contribution in [0.5, 0.6) is 0 Å². The highest BCUT2D eigenvalue weighted by Crippen LogP contribution is 2.31. The number of aromatic carboxylic acids is 1. The number of carboxylic acid groups (broad SMARTS) is 1. The molecule has 7 nitrogen and oxygen atoms in total. The molecule has 0 saturated heterocycles. The number of halogens is 1. The molecule has 0 aliphatic carbocycles. The summed E-state index contributed by atoms with van der Waals surface area (Å²) in [7, 11) is -3.63. The van der Waals surface area contributed by atoms with E-state index in [4.69, 9.17) is 4.52 Å². The van der Waals surface area contributed by atoms with Crippen LogP contribution in [0.2, 0.25) is 0 Å². The number of benzene rings is 1. The van der Waals surface area contributed by atoms with E-state index in [-0.39, 0.29) is 22.9 Å². The first-order chi connectivity index (χ1) is 11.6. The zero-order chi connectivity index (χ0) is 18.8. The predicted molar refractivity (Wildman–Crippen MR) is 89.0 cm³/mol. The van der Waals surface area contributed by atoms with Crippen LogP contribution in [0.3, 0.4) is 0 Å². The summed E-state index contributed by atoms with van der Waals surface area (Å²) in [5.41, 5.74) is 0.658. The minimum Gasteiger partial charge on any atom is -0.475 e. The van der Waals surface area contributed by atoms with Crippen LogP contribution < -0.4 is 4.72 Å². The molecule has 0 radical (unpaired) electrons. The fourth-order valence-corrected chi connectivity index (χ4v) is 4.11. The first-order valence-electron chi connectivity index (χ1n) is 7.59. The maximum absolute atomic E-state index is 13.1. The molecule has 0 aliphatic heterocycles. The van der Waals surface area contributed by atoms with Gasteiger partial charge in [-0.05, 0) is 37.1 Å². The second kappa shape index (κ2) is 7.32. The van der Waals surface area contributed by atoms with Crippen LogP contribution >= 0.6 is 0 Å². The maximum Gasteiger partial charge on any atom is 0.375 e. The highest BCUT2D eigenvalue weighted by molar-refractivity contribution is 7.89. The minimum atomic E-state index is -3.63. The molecule has 0 saturated carbocycles. The number of nitrogens with one attached hydrogen (secondary N) is 1. The first kappa shape index (κ1) is 19.1. The molecule has 1 heterocycles. The maximum atomic E-state index is 13.1. The van der Waals surface area contributed by atoms with Gasteiger partial charge in [-0.1, -0.05) is 19.0 Å². The van der Waals surface area contributed by atoms with Crippen LogP contribution in [0, 0.1) is 11.7 Å². The zero-order valence-electron chi connectivity index (χ0n) is 14.0. The van der Waals surface area contributed by atoms with Crippen LogP contribution in [0.25, 0.3) is 11.3 Å². The van der Waals surface area contributed by atoms with Gasteiger partial charge in [0.05, 0.1) is 17.4 Å². The van der Waals surface area contributed by atoms with Crippen molar-refractivity contribution in [1.29, 1.82) is 0 Å². The lowest BCUT2D eigenvalue weighted by Gasteiger charge is -2.16. The number of aromatic nitrogens is 1. The monoisotopic (exact) mass is 370 g/mol. The highest BCUT2D eigenvalue weighted by Gasteiger charge is 2.29. The van der Waals surface area contributed by atoms with Gasteiger partial charge in [0.2, 0.25) is 15.8 Å². The van der Waals surface area contributed by atoms with Gasteiger partial charge < -0.3 is 9.63 Å². The highest BCUT2D eigenvalue weighted by atomic mass is 32.2. The van der Waals surface area contributed by atoms with Gasteiger partial charge in [-0.3, -0.25) is 0 Å². The lowest BCUT2D eigenvalue weighted by Crippen LogP contribution is -2.31. The smallest absolute Gasteiger partial charge is 0.375 e. The van der Waals surface area contributed by atoms with Crippen molar-refractivity contribution in [2.75, 3.05) is 5.75 Å². The van der Waals surface area contributed by atoms with E-state index >= 15 is 0 Å². The summed E-state index contributed by atoms with van der Waals surface area (Å²) in [4.78, 5) is 11.4. The molecule has 0 fully saturated rings. The van der Waals surface area contributed by atoms with E-state index in [1.165, 1.54) is 31.2 Å². The molecule has 2 aromatic rings. The van der Waals surface area contributed by atoms with Gasteiger partial charge in [-0.25, -0.2) is 22.3 Å². The van der Waals surface area contributed by atoms with Crippen LogP contribution in [0.4, 0.5) is 4.39 Å². The topological polar surface area (TPSA) is 110 Å². The average molecular weight is 370 g/mol. The molecule has 9 heteroatoms. The third kappa shape index (κ3) is 4.64. The summed E-state index contributed by atoms with van der Waals surface area (Å²) in [6, 6.07) is 4.33. The third-order valence-electron chi connectivity index (χ3n) is 3.38. The quantitative estimate of drug-likeness (QED) is 0.775. The van der Waals surface area contributed by atoms with Crippen LogP contribution in [0.15, 0.2) is 28.8 Å². The molecule has 0 amide bonds. The van der Waals surface area contributed by atoms with E-state index in [0.29, 0.717) is 5.56 Å². The number of hydrogen-bond donors (Lipinski definition) is 2. The van der Waals surface area contributed by atoms with Crippen molar-refractivity contribution in [3.05, 3.63) is 41.4 Å². The van der Waals surface area contributed by atoms with Crippen LogP contribution in [-0.2, 0) is 10.0 Å². The van der Waals surface area contributed by atoms with E-state index < -0.39 is 33.6 Å². The lowest BCUT2D eigenvalue weighted by atomic mass is 10.0. The van der Waals surface area contributed by atoms with E-state index in [1.54, 1.807) is 13.8 Å². The van der Waals surface area contributed by atoms with Crippen molar-refractivity contribution in [2.24, 2.45) is 5.92 Å². The summed E-state index contributed by atoms with van der Waals surface area (Å²) in [5, 5.41) is 13.0. The SMILES string of the molecule is CC(C)CS(=O)(=O)N[C@H](C)c1c(-c2ccc(F)cc2)noc1C(=O)O. The molecule has 136 valence electrons.